The number of likely N-dealkylation sites (N-methyl/N-ethyl adjacent to an activating group) is 1. The minimum atomic E-state index is -3.02. The Morgan fingerprint density at radius 1 is 1.02 bits per heavy atom. The van der Waals surface area contributed by atoms with Crippen molar-refractivity contribution in [1.82, 2.24) is 4.90 Å². The molecule has 3 aliphatic rings. The van der Waals surface area contributed by atoms with Crippen LogP contribution in [0.3, 0.4) is 0 Å². The van der Waals surface area contributed by atoms with E-state index in [0.717, 1.165) is 5.69 Å². The average Bonchev–Trinajstić information content (AvgIpc) is 2.99. The highest BCUT2D eigenvalue weighted by molar-refractivity contribution is 9.09. The number of hydrogen-bond acceptors (Lipinski definition) is 11. The first-order valence-corrected chi connectivity index (χ1v) is 15.3. The van der Waals surface area contributed by atoms with Crippen molar-refractivity contribution in [1.29, 1.82) is 0 Å². The minimum absolute atomic E-state index is 0. The second kappa shape index (κ2) is 12.7. The first-order chi connectivity index (χ1) is 21.5. The predicted molar refractivity (Wildman–Crippen MR) is 181 cm³/mol. The fourth-order valence-electron chi connectivity index (χ4n) is 7.01. The highest BCUT2D eigenvalue weighted by Gasteiger charge is 2.67. The number of primary amides is 1. The van der Waals surface area contributed by atoms with Crippen molar-refractivity contribution in [2.24, 2.45) is 17.6 Å². The molecule has 0 fully saturated rings. The van der Waals surface area contributed by atoms with Crippen molar-refractivity contribution in [3.05, 3.63) is 75.8 Å². The average molecular weight is 780 g/mol. The number of halogens is 2. The molecule has 0 aromatic heterocycles. The van der Waals surface area contributed by atoms with E-state index in [4.69, 9.17) is 5.73 Å². The lowest BCUT2D eigenvalue weighted by molar-refractivity contribution is -0.162. The number of benzene rings is 2. The first-order valence-electron chi connectivity index (χ1n) is 14.4. The first kappa shape index (κ1) is 36.1. The number of phenolic OH excluding ortho intramolecular Hbond substituents is 1. The normalized spacial score (nSPS) is 27.4. The number of nitrogens with one attached hydrogen (secondary N) is 1. The summed E-state index contributed by atoms with van der Waals surface area (Å²) in [7, 11) is 6.70. The molecule has 0 radical (unpaired) electrons. The number of carbonyl (C=O) groups excluding carboxylic acids is 4. The monoisotopic (exact) mass is 778 g/mol. The van der Waals surface area contributed by atoms with Gasteiger partial charge in [-0.15, -0.1) is 17.0 Å². The van der Waals surface area contributed by atoms with Gasteiger partial charge in [-0.2, -0.15) is 0 Å². The van der Waals surface area contributed by atoms with Crippen molar-refractivity contribution in [3.8, 4) is 5.75 Å². The number of nitrogens with zero attached hydrogens (tertiary/aromatic N) is 2. The van der Waals surface area contributed by atoms with E-state index in [9.17, 15) is 44.7 Å². The maximum Gasteiger partial charge on any atom is 0.255 e. The molecule has 0 saturated carbocycles. The number of alkyl halides is 1. The second-order valence-electron chi connectivity index (χ2n) is 12.3. The molecule has 2 aromatic rings. The zero-order chi connectivity index (χ0) is 34.2. The third-order valence-electron chi connectivity index (χ3n) is 9.32. The van der Waals surface area contributed by atoms with Gasteiger partial charge in [0, 0.05) is 31.3 Å². The number of Topliss-reactive ketones (excluding diaryl/α,β-unsaturated/α-hetero) is 2. The Morgan fingerprint density at radius 2 is 1.62 bits per heavy atom. The molecule has 13 nitrogen and oxygen atoms in total. The number of fused-ring (bicyclic) bond motifs is 3. The van der Waals surface area contributed by atoms with E-state index in [1.54, 1.807) is 19.1 Å². The van der Waals surface area contributed by atoms with Crippen molar-refractivity contribution >= 4 is 67.7 Å². The molecule has 0 bridgehead atoms. The lowest BCUT2D eigenvalue weighted by atomic mass is 9.55. The van der Waals surface area contributed by atoms with Gasteiger partial charge < -0.3 is 41.5 Å². The third-order valence-corrected chi connectivity index (χ3v) is 10.3. The van der Waals surface area contributed by atoms with E-state index in [-0.39, 0.29) is 33.8 Å². The molecular weight excluding hydrogens is 744 g/mol. The summed E-state index contributed by atoms with van der Waals surface area (Å²) >= 11 is 3.37. The van der Waals surface area contributed by atoms with Gasteiger partial charge in [0.05, 0.1) is 29.3 Å². The van der Waals surface area contributed by atoms with Crippen LogP contribution in [0, 0.1) is 11.8 Å². The fourth-order valence-corrected chi connectivity index (χ4v) is 7.43. The number of amides is 2. The number of phenols is 1. The highest BCUT2D eigenvalue weighted by Crippen LogP contribution is 2.56. The summed E-state index contributed by atoms with van der Waals surface area (Å²) in [5.41, 5.74) is 2.25. The molecule has 252 valence electrons. The fraction of sp³-hybridized carbons (Fsp3) is 0.375. The summed E-state index contributed by atoms with van der Waals surface area (Å²) in [4.78, 5) is 55.4. The molecule has 8 N–H and O–H groups in total. The van der Waals surface area contributed by atoms with Gasteiger partial charge in [0.15, 0.2) is 17.1 Å². The number of ketones is 2. The summed E-state index contributed by atoms with van der Waals surface area (Å²) in [5, 5.41) is 59.9. The quantitative estimate of drug-likeness (QED) is 0.128. The lowest BCUT2D eigenvalue weighted by Crippen LogP contribution is -2.68. The molecule has 2 amide bonds. The van der Waals surface area contributed by atoms with Crippen LogP contribution in [0.25, 0.3) is 0 Å². The number of anilines is 2. The summed E-state index contributed by atoms with van der Waals surface area (Å²) in [6.07, 6.45) is -1.70. The molecule has 0 aliphatic heterocycles. The number of aliphatic hydroxyl groups is 4. The molecule has 0 heterocycles. The van der Waals surface area contributed by atoms with Crippen LogP contribution in [0.15, 0.2) is 59.1 Å². The zero-order valence-corrected chi connectivity index (χ0v) is 29.4. The van der Waals surface area contributed by atoms with Crippen LogP contribution in [0.1, 0.15) is 39.2 Å². The van der Waals surface area contributed by atoms with E-state index in [1.807, 2.05) is 31.1 Å². The van der Waals surface area contributed by atoms with E-state index < -0.39 is 92.1 Å². The largest absolute Gasteiger partial charge is 0.510 e. The van der Waals surface area contributed by atoms with Crippen molar-refractivity contribution in [2.45, 2.75) is 35.4 Å². The van der Waals surface area contributed by atoms with Gasteiger partial charge in [-0.25, -0.2) is 0 Å². The molecule has 0 spiro atoms. The topological polar surface area (TPSA) is 214 Å². The summed E-state index contributed by atoms with van der Waals surface area (Å²) < 4.78 is 0. The van der Waals surface area contributed by atoms with Crippen LogP contribution in [-0.4, -0.2) is 99.8 Å². The smallest absolute Gasteiger partial charge is 0.255 e. The van der Waals surface area contributed by atoms with Crippen molar-refractivity contribution < 1.29 is 44.7 Å². The van der Waals surface area contributed by atoms with Gasteiger partial charge in [-0.1, -0.05) is 41.1 Å². The number of rotatable bonds is 6. The Kier molecular flexibility index (Phi) is 9.74. The Labute approximate surface area is 289 Å². The van der Waals surface area contributed by atoms with Gasteiger partial charge >= 0.3 is 0 Å². The number of nitrogens with two attached hydrogens (primary N) is 1. The zero-order valence-electron chi connectivity index (χ0n) is 26.1. The summed E-state index contributed by atoms with van der Waals surface area (Å²) in [6.45, 7) is 1.63. The van der Waals surface area contributed by atoms with E-state index in [1.165, 1.54) is 31.1 Å². The minimum Gasteiger partial charge on any atom is -0.510 e. The number of hydrogen-bond donors (Lipinski definition) is 7. The Hall–Kier alpha value is -3.76. The molecule has 6 unspecified atom stereocenters. The molecule has 5 rings (SSSR count). The van der Waals surface area contributed by atoms with Gasteiger partial charge in [-0.05, 0) is 49.3 Å². The van der Waals surface area contributed by atoms with Gasteiger partial charge in [0.1, 0.15) is 21.9 Å². The van der Waals surface area contributed by atoms with Gasteiger partial charge in [-0.3, -0.25) is 24.1 Å². The molecular formula is C32H36Br2N4O9. The van der Waals surface area contributed by atoms with Crippen LogP contribution < -0.4 is 16.0 Å². The van der Waals surface area contributed by atoms with Crippen LogP contribution in [0.5, 0.6) is 5.75 Å². The Morgan fingerprint density at radius 3 is 2.15 bits per heavy atom. The highest BCUT2D eigenvalue weighted by atomic mass is 79.9. The van der Waals surface area contributed by atoms with Crippen LogP contribution in [-0.2, 0) is 14.4 Å². The Balaban J connectivity index is 0.00000500. The predicted octanol–water partition coefficient (Wildman–Crippen LogP) is 2.37. The standard InChI is InChI=1S/C32H35BrN4O9.BrH/c1-12-15-10-11-16(35-31(45)22(33)13-6-8-14(9-7-13)36(2)3)24(38)18(15)25(39)19-17(12)26(40)21-23(37(4)5)27(41)20(30(34)44)29(43)32(21,46)28(19)42;/h6-12,17,21-23,26,38,40-42,46H,1-5H3,(H2,34,44)(H,35,45);1H/t12?,17?,21?,22?,23-,26?,32?;/m0./s1. The molecule has 15 heteroatoms. The summed E-state index contributed by atoms with van der Waals surface area (Å²) in [6, 6.07) is 8.76. The number of carbonyl (C=O) groups is 4. The third kappa shape index (κ3) is 5.33. The van der Waals surface area contributed by atoms with Crippen LogP contribution in [0.2, 0.25) is 0 Å². The van der Waals surface area contributed by atoms with Crippen LogP contribution in [0.4, 0.5) is 11.4 Å². The number of aromatic hydroxyl groups is 1. The maximum absolute atomic E-state index is 14.1. The van der Waals surface area contributed by atoms with Crippen molar-refractivity contribution in [3.63, 3.8) is 0 Å². The number of aliphatic hydroxyl groups excluding tert-OH is 3. The lowest BCUT2D eigenvalue weighted by Gasteiger charge is -2.53. The molecule has 7 atom stereocenters. The summed E-state index contributed by atoms with van der Waals surface area (Å²) in [5.74, 6) is -10.5. The maximum atomic E-state index is 14.1. The molecule has 2 aromatic carbocycles. The molecule has 0 saturated heterocycles. The van der Waals surface area contributed by atoms with E-state index in [2.05, 4.69) is 21.2 Å². The van der Waals surface area contributed by atoms with E-state index in [0.29, 0.717) is 5.56 Å². The van der Waals surface area contributed by atoms with Crippen LogP contribution >= 0.6 is 32.9 Å². The SMILES string of the molecule is Br.CC1c2ccc(NC(=O)C(Br)c3ccc(N(C)C)cc3)c(O)c2C(=O)C2=C(O)C3(O)C(=O)C(C(N)=O)=C(O)[C@@H](N(C)C)C3C(O)C21. The second-order valence-corrected chi connectivity index (χ2v) is 13.2. The van der Waals surface area contributed by atoms with Gasteiger partial charge in [0.2, 0.25) is 11.7 Å². The van der Waals surface area contributed by atoms with Gasteiger partial charge in [0.25, 0.3) is 5.91 Å². The molecule has 47 heavy (non-hydrogen) atoms. The van der Waals surface area contributed by atoms with Crippen molar-refractivity contribution in [2.75, 3.05) is 38.4 Å². The van der Waals surface area contributed by atoms with E-state index >= 15 is 0 Å². The molecule has 3 aliphatic carbocycles. The Bertz CT molecular complexity index is 1740.